The van der Waals surface area contributed by atoms with Gasteiger partial charge in [-0.15, -0.1) is 0 Å². The molecule has 9 heteroatoms. The number of nitrogens with one attached hydrogen (secondary N) is 1. The second kappa shape index (κ2) is 12.4. The highest BCUT2D eigenvalue weighted by Crippen LogP contribution is 2.34. The van der Waals surface area contributed by atoms with Gasteiger partial charge in [-0.1, -0.05) is 31.4 Å². The number of aromatic nitrogens is 1. The van der Waals surface area contributed by atoms with Crippen molar-refractivity contribution in [1.82, 2.24) is 9.88 Å². The number of hydrogen-bond acceptors (Lipinski definition) is 6. The summed E-state index contributed by atoms with van der Waals surface area (Å²) < 4.78 is 11.9. The Balaban J connectivity index is 1.95. The summed E-state index contributed by atoms with van der Waals surface area (Å²) in [7, 11) is 1.25. The first-order valence-electron chi connectivity index (χ1n) is 12.0. The molecule has 0 radical (unpaired) electrons. The summed E-state index contributed by atoms with van der Waals surface area (Å²) in [6, 6.07) is 0. The van der Waals surface area contributed by atoms with Gasteiger partial charge in [-0.3, -0.25) is 14.4 Å². The second-order valence-corrected chi connectivity index (χ2v) is 10.1. The van der Waals surface area contributed by atoms with Crippen LogP contribution in [-0.4, -0.2) is 47.5 Å². The number of ketones is 1. The van der Waals surface area contributed by atoms with Crippen LogP contribution in [0, 0.1) is 5.92 Å². The number of nitrogens with zero attached hydrogens (tertiary/aromatic N) is 1. The molecule has 1 N–H and O–H groups in total. The molecule has 0 bridgehead atoms. The van der Waals surface area contributed by atoms with E-state index in [9.17, 15) is 19.2 Å². The quantitative estimate of drug-likeness (QED) is 0.198. The molecule has 1 aromatic heterocycles. The number of carbonyl (C=O) groups excluding carboxylic acids is 4. The van der Waals surface area contributed by atoms with Gasteiger partial charge in [0, 0.05) is 25.2 Å². The lowest BCUT2D eigenvalue weighted by molar-refractivity contribution is -0.156. The number of unbranched alkanes of at least 4 members (excludes halogenated alkanes) is 1. The lowest BCUT2D eigenvalue weighted by Crippen LogP contribution is -2.33. The van der Waals surface area contributed by atoms with E-state index in [-0.39, 0.29) is 28.2 Å². The number of halogens is 1. The number of amides is 1. The molecule has 2 rings (SSSR count). The second-order valence-electron chi connectivity index (χ2n) is 9.76. The highest BCUT2D eigenvalue weighted by Gasteiger charge is 2.34. The fourth-order valence-corrected chi connectivity index (χ4v) is 4.69. The molecule has 8 nitrogen and oxygen atoms in total. The average Bonchev–Trinajstić information content (AvgIpc) is 3.31. The molecular formula is C25H37ClN2O6. The van der Waals surface area contributed by atoms with Crippen molar-refractivity contribution in [2.45, 2.75) is 91.2 Å². The summed E-state index contributed by atoms with van der Waals surface area (Å²) in [5, 5.41) is 2.63. The molecular weight excluding hydrogens is 460 g/mol. The number of Topliss-reactive ketones (excluding diaryl/α,β-unsaturated/α-hetero) is 1. The summed E-state index contributed by atoms with van der Waals surface area (Å²) in [5.74, 6) is -2.19. The lowest BCUT2D eigenvalue weighted by atomic mass is 9.93. The van der Waals surface area contributed by atoms with E-state index < -0.39 is 23.3 Å². The van der Waals surface area contributed by atoms with Gasteiger partial charge in [0.15, 0.2) is 0 Å². The number of carbonyl (C=O) groups is 4. The smallest absolute Gasteiger partial charge is 0.341 e. The van der Waals surface area contributed by atoms with E-state index in [2.05, 4.69) is 12.2 Å². The Morgan fingerprint density at radius 2 is 1.82 bits per heavy atom. The van der Waals surface area contributed by atoms with Crippen LogP contribution in [0.25, 0.3) is 0 Å². The molecule has 0 unspecified atom stereocenters. The molecule has 0 fully saturated rings. The topological polar surface area (TPSA) is 104 Å². The lowest BCUT2D eigenvalue weighted by Gasteiger charge is -2.22. The first-order valence-corrected chi connectivity index (χ1v) is 12.4. The monoisotopic (exact) mass is 496 g/mol. The van der Waals surface area contributed by atoms with Crippen molar-refractivity contribution in [3.63, 3.8) is 0 Å². The van der Waals surface area contributed by atoms with Crippen LogP contribution in [0.3, 0.4) is 0 Å². The van der Waals surface area contributed by atoms with Crippen LogP contribution in [0.15, 0.2) is 0 Å². The highest BCUT2D eigenvalue weighted by molar-refractivity contribution is 6.47. The van der Waals surface area contributed by atoms with Gasteiger partial charge in [-0.25, -0.2) is 4.79 Å². The molecule has 0 saturated carbocycles. The Hall–Kier alpha value is -2.35. The Labute approximate surface area is 206 Å². The SMILES string of the molecule is CCCC[C@H](CCCNC(=O)C(=O)c1c(Cl)c(C(=O)OC)c2n1CCC2)CC(=O)OC(C)(C)C. The maximum Gasteiger partial charge on any atom is 0.341 e. The summed E-state index contributed by atoms with van der Waals surface area (Å²) in [4.78, 5) is 49.8. The van der Waals surface area contributed by atoms with Crippen molar-refractivity contribution in [2.24, 2.45) is 5.92 Å². The van der Waals surface area contributed by atoms with Crippen molar-refractivity contribution in [3.8, 4) is 0 Å². The van der Waals surface area contributed by atoms with Gasteiger partial charge >= 0.3 is 11.9 Å². The largest absolute Gasteiger partial charge is 0.465 e. The highest BCUT2D eigenvalue weighted by atomic mass is 35.5. The molecule has 1 aromatic rings. The summed E-state index contributed by atoms with van der Waals surface area (Å²) in [6.45, 7) is 8.46. The van der Waals surface area contributed by atoms with Crippen LogP contribution in [0.5, 0.6) is 0 Å². The number of esters is 2. The third-order valence-electron chi connectivity index (χ3n) is 5.83. The Morgan fingerprint density at radius 3 is 2.44 bits per heavy atom. The molecule has 0 saturated heterocycles. The van der Waals surface area contributed by atoms with E-state index in [1.54, 1.807) is 4.57 Å². The van der Waals surface area contributed by atoms with Gasteiger partial charge in [-0.05, 0) is 58.8 Å². The summed E-state index contributed by atoms with van der Waals surface area (Å²) in [6.07, 6.45) is 6.01. The van der Waals surface area contributed by atoms with Crippen molar-refractivity contribution in [1.29, 1.82) is 0 Å². The Bertz CT molecular complexity index is 915. The Kier molecular flexibility index (Phi) is 10.2. The maximum atomic E-state index is 12.9. The van der Waals surface area contributed by atoms with E-state index in [1.807, 2.05) is 20.8 Å². The zero-order valence-corrected chi connectivity index (χ0v) is 21.7. The normalized spacial score (nSPS) is 13.8. The van der Waals surface area contributed by atoms with Crippen LogP contribution < -0.4 is 5.32 Å². The van der Waals surface area contributed by atoms with Gasteiger partial charge in [0.25, 0.3) is 11.7 Å². The van der Waals surface area contributed by atoms with Gasteiger partial charge in [0.1, 0.15) is 11.3 Å². The van der Waals surface area contributed by atoms with Gasteiger partial charge in [0.05, 0.1) is 17.7 Å². The summed E-state index contributed by atoms with van der Waals surface area (Å²) >= 11 is 6.34. The first kappa shape index (κ1) is 27.9. The van der Waals surface area contributed by atoms with Crippen molar-refractivity contribution >= 4 is 35.2 Å². The maximum absolute atomic E-state index is 12.9. The number of hydrogen-bond donors (Lipinski definition) is 1. The molecule has 190 valence electrons. The fourth-order valence-electron chi connectivity index (χ4n) is 4.32. The van der Waals surface area contributed by atoms with Crippen molar-refractivity contribution in [3.05, 3.63) is 22.0 Å². The molecule has 0 aromatic carbocycles. The molecule has 0 spiro atoms. The number of ether oxygens (including phenoxy) is 2. The van der Waals surface area contributed by atoms with Crippen LogP contribution in [0.1, 0.15) is 99.2 Å². The van der Waals surface area contributed by atoms with Gasteiger partial charge in [0.2, 0.25) is 0 Å². The third kappa shape index (κ3) is 7.32. The minimum atomic E-state index is -0.764. The number of methoxy groups -OCH3 is 1. The van der Waals surface area contributed by atoms with E-state index in [0.717, 1.165) is 32.1 Å². The van der Waals surface area contributed by atoms with Crippen LogP contribution >= 0.6 is 11.6 Å². The molecule has 2 heterocycles. The van der Waals surface area contributed by atoms with Crippen molar-refractivity contribution in [2.75, 3.05) is 13.7 Å². The summed E-state index contributed by atoms with van der Waals surface area (Å²) in [5.41, 5.74) is 0.319. The standard InChI is InChI=1S/C25H37ClN2O6/c1-6-7-10-16(15-18(29)34-25(2,3)4)11-8-13-27-23(31)22(30)21-20(26)19(24(32)33-5)17-12-9-14-28(17)21/h16H,6-15H2,1-5H3,(H,27,31)/t16-/m1/s1. The molecule has 34 heavy (non-hydrogen) atoms. The number of fused-ring (bicyclic) bond motifs is 1. The van der Waals surface area contributed by atoms with Crippen molar-refractivity contribution < 1.29 is 28.7 Å². The van der Waals surface area contributed by atoms with E-state index in [0.29, 0.717) is 38.0 Å². The van der Waals surface area contributed by atoms with Gasteiger partial charge in [-0.2, -0.15) is 0 Å². The molecule has 1 aliphatic rings. The van der Waals surface area contributed by atoms with Gasteiger partial charge < -0.3 is 19.4 Å². The predicted octanol–water partition coefficient (Wildman–Crippen LogP) is 4.49. The van der Waals surface area contributed by atoms with Crippen LogP contribution in [0.2, 0.25) is 5.02 Å². The predicted molar refractivity (Wildman–Crippen MR) is 129 cm³/mol. The molecule has 1 aliphatic heterocycles. The first-order chi connectivity index (χ1) is 16.0. The fraction of sp³-hybridized carbons (Fsp3) is 0.680. The van der Waals surface area contributed by atoms with E-state index >= 15 is 0 Å². The zero-order valence-electron chi connectivity index (χ0n) is 20.9. The molecule has 0 aliphatic carbocycles. The van der Waals surface area contributed by atoms with Crippen LogP contribution in [-0.2, 0) is 32.0 Å². The third-order valence-corrected chi connectivity index (χ3v) is 6.20. The zero-order chi connectivity index (χ0) is 25.5. The number of rotatable bonds is 12. The molecule has 1 amide bonds. The van der Waals surface area contributed by atoms with E-state index in [4.69, 9.17) is 21.1 Å². The van der Waals surface area contributed by atoms with Crippen LogP contribution in [0.4, 0.5) is 0 Å². The Morgan fingerprint density at radius 1 is 1.15 bits per heavy atom. The molecule has 1 atom stereocenters. The minimum Gasteiger partial charge on any atom is -0.465 e. The van der Waals surface area contributed by atoms with E-state index in [1.165, 1.54) is 7.11 Å². The average molecular weight is 497 g/mol. The minimum absolute atomic E-state index is 0.0290.